The summed E-state index contributed by atoms with van der Waals surface area (Å²) in [4.78, 5) is 13.5. The van der Waals surface area contributed by atoms with Gasteiger partial charge in [0.05, 0.1) is 17.8 Å². The van der Waals surface area contributed by atoms with Crippen LogP contribution in [0.15, 0.2) is 43.1 Å². The van der Waals surface area contributed by atoms with Gasteiger partial charge in [0.25, 0.3) is 0 Å². The summed E-state index contributed by atoms with van der Waals surface area (Å²) >= 11 is 0. The van der Waals surface area contributed by atoms with E-state index in [9.17, 15) is 4.79 Å². The van der Waals surface area contributed by atoms with E-state index >= 15 is 0 Å². The number of hydrogen-bond donors (Lipinski definition) is 1. The number of benzene rings is 1. The van der Waals surface area contributed by atoms with Crippen LogP contribution in [0.3, 0.4) is 0 Å². The van der Waals surface area contributed by atoms with Crippen molar-refractivity contribution in [2.24, 2.45) is 0 Å². The molecule has 1 aliphatic heterocycles. The minimum absolute atomic E-state index is 0.349. The molecule has 0 spiro atoms. The predicted molar refractivity (Wildman–Crippen MR) is 97.8 cm³/mol. The van der Waals surface area contributed by atoms with Crippen LogP contribution in [0.25, 0.3) is 0 Å². The molecule has 1 aromatic carbocycles. The Morgan fingerprint density at radius 1 is 1.40 bits per heavy atom. The van der Waals surface area contributed by atoms with Crippen molar-refractivity contribution in [3.63, 3.8) is 0 Å². The summed E-state index contributed by atoms with van der Waals surface area (Å²) < 4.78 is 1.93. The van der Waals surface area contributed by atoms with Crippen LogP contribution >= 0.6 is 0 Å². The molecule has 0 unspecified atom stereocenters. The van der Waals surface area contributed by atoms with E-state index in [0.29, 0.717) is 11.5 Å². The number of carboxylic acids is 1. The third-order valence-electron chi connectivity index (χ3n) is 4.89. The third kappa shape index (κ3) is 4.17. The molecule has 1 saturated heterocycles. The van der Waals surface area contributed by atoms with Gasteiger partial charge in [-0.05, 0) is 49.9 Å². The predicted octanol–water partition coefficient (Wildman–Crippen LogP) is 3.46. The van der Waals surface area contributed by atoms with Crippen LogP contribution in [0.5, 0.6) is 0 Å². The molecule has 1 fully saturated rings. The lowest BCUT2D eigenvalue weighted by molar-refractivity contribution is 0.0697. The Morgan fingerprint density at radius 3 is 2.84 bits per heavy atom. The van der Waals surface area contributed by atoms with Crippen molar-refractivity contribution < 1.29 is 9.90 Å². The highest BCUT2D eigenvalue weighted by atomic mass is 16.4. The summed E-state index contributed by atoms with van der Waals surface area (Å²) in [5.41, 5.74) is 3.92. The van der Waals surface area contributed by atoms with Crippen LogP contribution in [-0.4, -0.2) is 38.8 Å². The zero-order chi connectivity index (χ0) is 17.8. The topological polar surface area (TPSA) is 58.4 Å². The van der Waals surface area contributed by atoms with Crippen LogP contribution < -0.4 is 0 Å². The Hall–Kier alpha value is -2.40. The molecule has 0 radical (unpaired) electrons. The summed E-state index contributed by atoms with van der Waals surface area (Å²) in [7, 11) is 0. The average Bonchev–Trinajstić information content (AvgIpc) is 2.95. The number of likely N-dealkylation sites (tertiary alicyclic amines) is 1. The summed E-state index contributed by atoms with van der Waals surface area (Å²) in [6.45, 7) is 9.56. The number of rotatable bonds is 6. The standard InChI is InChI=1S/C20H25N3O2/c1-3-10-23-14-19(15(2)21-23)13-22-11-4-5-18(12-22)16-6-8-17(9-7-16)20(24)25/h3,6-9,14,18H,1,4-5,10-13H2,2H3,(H,24,25)/t18-/m1/s1. The first-order chi connectivity index (χ1) is 12.1. The van der Waals surface area contributed by atoms with Gasteiger partial charge >= 0.3 is 5.97 Å². The smallest absolute Gasteiger partial charge is 0.335 e. The summed E-state index contributed by atoms with van der Waals surface area (Å²) in [6.07, 6.45) is 6.28. The first-order valence-electron chi connectivity index (χ1n) is 8.76. The van der Waals surface area contributed by atoms with Crippen LogP contribution in [0, 0.1) is 6.92 Å². The molecule has 1 atom stereocenters. The molecule has 0 saturated carbocycles. The summed E-state index contributed by atoms with van der Waals surface area (Å²) in [5.74, 6) is -0.413. The second-order valence-corrected chi connectivity index (χ2v) is 6.75. The number of nitrogens with zero attached hydrogens (tertiary/aromatic N) is 3. The van der Waals surface area contributed by atoms with Crippen LogP contribution in [-0.2, 0) is 13.1 Å². The van der Waals surface area contributed by atoms with E-state index in [4.69, 9.17) is 5.11 Å². The fourth-order valence-electron chi connectivity index (χ4n) is 3.55. The molecule has 3 rings (SSSR count). The lowest BCUT2D eigenvalue weighted by atomic mass is 9.90. The molecular formula is C20H25N3O2. The Morgan fingerprint density at radius 2 is 2.16 bits per heavy atom. The Balaban J connectivity index is 1.66. The lowest BCUT2D eigenvalue weighted by Crippen LogP contribution is -2.34. The van der Waals surface area contributed by atoms with E-state index in [2.05, 4.69) is 29.7 Å². The SMILES string of the molecule is C=CCn1cc(CN2CCC[C@@H](c3ccc(C(=O)O)cc3)C2)c(C)n1. The first kappa shape index (κ1) is 17.4. The number of aryl methyl sites for hydroxylation is 1. The molecule has 0 amide bonds. The average molecular weight is 339 g/mol. The number of carboxylic acid groups (broad SMARTS) is 1. The minimum Gasteiger partial charge on any atom is -0.478 e. The molecule has 1 aromatic heterocycles. The zero-order valence-electron chi connectivity index (χ0n) is 14.7. The van der Waals surface area contributed by atoms with E-state index in [1.165, 1.54) is 11.1 Å². The molecule has 5 heteroatoms. The maximum Gasteiger partial charge on any atom is 0.335 e. The van der Waals surface area contributed by atoms with Crippen molar-refractivity contribution in [2.45, 2.75) is 38.8 Å². The number of aromatic carboxylic acids is 1. The van der Waals surface area contributed by atoms with Gasteiger partial charge in [-0.2, -0.15) is 5.10 Å². The van der Waals surface area contributed by atoms with Gasteiger partial charge in [0.2, 0.25) is 0 Å². The van der Waals surface area contributed by atoms with Gasteiger partial charge in [-0.3, -0.25) is 9.58 Å². The number of hydrogen-bond acceptors (Lipinski definition) is 3. The van der Waals surface area contributed by atoms with E-state index in [1.54, 1.807) is 12.1 Å². The van der Waals surface area contributed by atoms with Gasteiger partial charge < -0.3 is 5.11 Å². The molecule has 0 aliphatic carbocycles. The van der Waals surface area contributed by atoms with E-state index in [0.717, 1.165) is 44.7 Å². The first-order valence-corrected chi connectivity index (χ1v) is 8.76. The van der Waals surface area contributed by atoms with Crippen LogP contribution in [0.1, 0.15) is 45.9 Å². The lowest BCUT2D eigenvalue weighted by Gasteiger charge is -2.33. The van der Waals surface area contributed by atoms with Gasteiger partial charge in [0, 0.05) is 24.8 Å². The normalized spacial score (nSPS) is 18.2. The Bertz CT molecular complexity index is 749. The van der Waals surface area contributed by atoms with E-state index < -0.39 is 5.97 Å². The van der Waals surface area contributed by atoms with Gasteiger partial charge in [0.1, 0.15) is 0 Å². The van der Waals surface area contributed by atoms with E-state index in [1.807, 2.05) is 22.9 Å². The van der Waals surface area contributed by atoms with E-state index in [-0.39, 0.29) is 0 Å². The number of aromatic nitrogens is 2. The largest absolute Gasteiger partial charge is 0.478 e. The van der Waals surface area contributed by atoms with Crippen molar-refractivity contribution in [3.05, 3.63) is 65.5 Å². The highest BCUT2D eigenvalue weighted by Gasteiger charge is 2.22. The highest BCUT2D eigenvalue weighted by molar-refractivity contribution is 5.87. The Kier molecular flexibility index (Phi) is 5.34. The van der Waals surface area contributed by atoms with Crippen molar-refractivity contribution >= 4 is 5.97 Å². The highest BCUT2D eigenvalue weighted by Crippen LogP contribution is 2.28. The van der Waals surface area contributed by atoms with Gasteiger partial charge in [-0.25, -0.2) is 4.79 Å². The van der Waals surface area contributed by atoms with Gasteiger partial charge in [-0.1, -0.05) is 18.2 Å². The molecule has 2 heterocycles. The quantitative estimate of drug-likeness (QED) is 0.819. The minimum atomic E-state index is -0.871. The molecular weight excluding hydrogens is 314 g/mol. The fraction of sp³-hybridized carbons (Fsp3) is 0.400. The maximum atomic E-state index is 11.0. The molecule has 25 heavy (non-hydrogen) atoms. The fourth-order valence-corrected chi connectivity index (χ4v) is 3.55. The molecule has 0 bridgehead atoms. The summed E-state index contributed by atoms with van der Waals surface area (Å²) in [5, 5.41) is 13.6. The molecule has 2 aromatic rings. The van der Waals surface area contributed by atoms with Gasteiger partial charge in [-0.15, -0.1) is 6.58 Å². The van der Waals surface area contributed by atoms with Crippen molar-refractivity contribution in [1.29, 1.82) is 0 Å². The molecule has 5 nitrogen and oxygen atoms in total. The maximum absolute atomic E-state index is 11.0. The van der Waals surface area contributed by atoms with Gasteiger partial charge in [0.15, 0.2) is 0 Å². The second-order valence-electron chi connectivity index (χ2n) is 6.75. The molecule has 1 aliphatic rings. The summed E-state index contributed by atoms with van der Waals surface area (Å²) in [6, 6.07) is 7.34. The van der Waals surface area contributed by atoms with Crippen LogP contribution in [0.2, 0.25) is 0 Å². The Labute approximate surface area is 148 Å². The second kappa shape index (κ2) is 7.66. The third-order valence-corrected chi connectivity index (χ3v) is 4.89. The molecule has 1 N–H and O–H groups in total. The van der Waals surface area contributed by atoms with Crippen molar-refractivity contribution in [1.82, 2.24) is 14.7 Å². The molecule has 132 valence electrons. The number of allylic oxidation sites excluding steroid dienone is 1. The monoisotopic (exact) mass is 339 g/mol. The number of piperidine rings is 1. The van der Waals surface area contributed by atoms with Crippen molar-refractivity contribution in [3.8, 4) is 0 Å². The zero-order valence-corrected chi connectivity index (χ0v) is 14.7. The van der Waals surface area contributed by atoms with Crippen LogP contribution in [0.4, 0.5) is 0 Å². The number of carbonyl (C=O) groups is 1. The van der Waals surface area contributed by atoms with Crippen molar-refractivity contribution in [2.75, 3.05) is 13.1 Å².